The summed E-state index contributed by atoms with van der Waals surface area (Å²) in [6, 6.07) is 11.2. The van der Waals surface area contributed by atoms with Crippen LogP contribution in [0.5, 0.6) is 0 Å². The molecule has 0 fully saturated rings. The number of nitrogens with zero attached hydrogens (tertiary/aromatic N) is 1. The molecule has 0 bridgehead atoms. The van der Waals surface area contributed by atoms with E-state index in [1.807, 2.05) is 44.2 Å². The van der Waals surface area contributed by atoms with Gasteiger partial charge in [0, 0.05) is 11.1 Å². The maximum atomic E-state index is 12.9. The van der Waals surface area contributed by atoms with Gasteiger partial charge in [0.25, 0.3) is 5.91 Å². The summed E-state index contributed by atoms with van der Waals surface area (Å²) in [5.74, 6) is -0.925. The lowest BCUT2D eigenvalue weighted by atomic mass is 10.0. The molecule has 1 aliphatic carbocycles. The molecule has 5 nitrogen and oxygen atoms in total. The number of aromatic nitrogens is 1. The Balaban J connectivity index is 1.53. The van der Waals surface area contributed by atoms with Crippen LogP contribution in [0.15, 0.2) is 36.4 Å². The lowest BCUT2D eigenvalue weighted by molar-refractivity contribution is -0.119. The minimum atomic E-state index is -0.497. The predicted octanol–water partition coefficient (Wildman–Crippen LogP) is 4.79. The number of anilines is 1. The highest BCUT2D eigenvalue weighted by Gasteiger charge is 2.25. The third-order valence-electron chi connectivity index (χ3n) is 5.15. The third-order valence-corrected chi connectivity index (χ3v) is 5.45. The molecular weight excluding hydrogens is 388 g/mol. The molecule has 1 aliphatic rings. The van der Waals surface area contributed by atoms with Crippen molar-refractivity contribution < 1.29 is 14.3 Å². The Morgan fingerprint density at radius 3 is 2.76 bits per heavy atom. The molecule has 148 valence electrons. The summed E-state index contributed by atoms with van der Waals surface area (Å²) in [5.41, 5.74) is 5.58. The van der Waals surface area contributed by atoms with E-state index in [0.717, 1.165) is 52.5 Å². The molecule has 0 aliphatic heterocycles. The normalized spacial score (nSPS) is 12.7. The number of para-hydroxylation sites is 1. The number of aryl methyl sites for hydroxylation is 3. The molecule has 2 aromatic carbocycles. The van der Waals surface area contributed by atoms with Gasteiger partial charge >= 0.3 is 5.97 Å². The summed E-state index contributed by atoms with van der Waals surface area (Å²) in [5, 5.41) is 3.96. The van der Waals surface area contributed by atoms with Crippen LogP contribution in [0, 0.1) is 13.8 Å². The van der Waals surface area contributed by atoms with E-state index in [0.29, 0.717) is 16.3 Å². The molecule has 0 saturated heterocycles. The maximum Gasteiger partial charge on any atom is 0.339 e. The molecule has 3 aromatic rings. The van der Waals surface area contributed by atoms with Crippen molar-refractivity contribution in [3.8, 4) is 0 Å². The van der Waals surface area contributed by atoms with E-state index in [1.165, 1.54) is 0 Å². The number of benzene rings is 2. The lowest BCUT2D eigenvalue weighted by Gasteiger charge is -2.13. The molecule has 0 unspecified atom stereocenters. The molecule has 0 spiro atoms. The maximum absolute atomic E-state index is 12.9. The van der Waals surface area contributed by atoms with Crippen molar-refractivity contribution in [3.05, 3.63) is 69.4 Å². The fourth-order valence-corrected chi connectivity index (χ4v) is 4.27. The van der Waals surface area contributed by atoms with E-state index in [2.05, 4.69) is 10.3 Å². The molecule has 1 N–H and O–H groups in total. The molecule has 1 amide bonds. The minimum absolute atomic E-state index is 0.381. The van der Waals surface area contributed by atoms with Crippen molar-refractivity contribution in [2.75, 3.05) is 11.9 Å². The molecule has 6 heteroatoms. The number of carbonyl (C=O) groups excluding carboxylic acids is 2. The van der Waals surface area contributed by atoms with Crippen molar-refractivity contribution in [2.45, 2.75) is 33.1 Å². The fourth-order valence-electron chi connectivity index (χ4n) is 3.90. The van der Waals surface area contributed by atoms with Gasteiger partial charge in [0.15, 0.2) is 6.61 Å². The number of nitrogens with one attached hydrogen (secondary N) is 1. The zero-order valence-electron chi connectivity index (χ0n) is 16.3. The first-order valence-electron chi connectivity index (χ1n) is 9.58. The Morgan fingerprint density at radius 2 is 1.97 bits per heavy atom. The minimum Gasteiger partial charge on any atom is -0.452 e. The topological polar surface area (TPSA) is 68.3 Å². The van der Waals surface area contributed by atoms with E-state index in [-0.39, 0.29) is 6.61 Å². The van der Waals surface area contributed by atoms with Gasteiger partial charge in [0.2, 0.25) is 0 Å². The van der Waals surface area contributed by atoms with E-state index in [9.17, 15) is 9.59 Å². The van der Waals surface area contributed by atoms with Crippen LogP contribution in [0.1, 0.15) is 39.2 Å². The quantitative estimate of drug-likeness (QED) is 0.630. The van der Waals surface area contributed by atoms with Crippen LogP contribution in [-0.4, -0.2) is 23.5 Å². The van der Waals surface area contributed by atoms with Crippen molar-refractivity contribution in [3.63, 3.8) is 0 Å². The van der Waals surface area contributed by atoms with Gasteiger partial charge in [-0.2, -0.15) is 0 Å². The Bertz CT molecular complexity index is 1120. The SMILES string of the molecule is Cc1cc(C)c(NC(=O)COC(=O)c2c3c(nc4ccccc24)CCC3)c(Cl)c1. The summed E-state index contributed by atoms with van der Waals surface area (Å²) >= 11 is 6.24. The molecule has 4 rings (SSSR count). The van der Waals surface area contributed by atoms with E-state index < -0.39 is 11.9 Å². The monoisotopic (exact) mass is 408 g/mol. The largest absolute Gasteiger partial charge is 0.452 e. The predicted molar refractivity (Wildman–Crippen MR) is 114 cm³/mol. The first kappa shape index (κ1) is 19.4. The number of esters is 1. The zero-order valence-corrected chi connectivity index (χ0v) is 17.1. The second-order valence-corrected chi connectivity index (χ2v) is 7.75. The number of carbonyl (C=O) groups is 2. The Kier molecular flexibility index (Phi) is 5.24. The highest BCUT2D eigenvalue weighted by molar-refractivity contribution is 6.34. The smallest absolute Gasteiger partial charge is 0.339 e. The second-order valence-electron chi connectivity index (χ2n) is 7.35. The van der Waals surface area contributed by atoms with Gasteiger partial charge in [0.05, 0.1) is 21.8 Å². The van der Waals surface area contributed by atoms with Crippen molar-refractivity contribution >= 4 is 40.1 Å². The molecule has 0 radical (unpaired) electrons. The second kappa shape index (κ2) is 7.84. The Hall–Kier alpha value is -2.92. The lowest BCUT2D eigenvalue weighted by Crippen LogP contribution is -2.22. The van der Waals surface area contributed by atoms with Gasteiger partial charge < -0.3 is 10.1 Å². The number of amides is 1. The van der Waals surface area contributed by atoms with Gasteiger partial charge in [-0.05, 0) is 61.9 Å². The number of hydrogen-bond donors (Lipinski definition) is 1. The average Bonchev–Trinajstić information content (AvgIpc) is 3.14. The highest BCUT2D eigenvalue weighted by Crippen LogP contribution is 2.31. The highest BCUT2D eigenvalue weighted by atomic mass is 35.5. The first-order chi connectivity index (χ1) is 13.9. The third kappa shape index (κ3) is 3.83. The molecule has 1 heterocycles. The first-order valence-corrected chi connectivity index (χ1v) is 9.96. The van der Waals surface area contributed by atoms with Crippen LogP contribution in [-0.2, 0) is 22.4 Å². The summed E-state index contributed by atoms with van der Waals surface area (Å²) in [6.45, 7) is 3.42. The van der Waals surface area contributed by atoms with Gasteiger partial charge in [0.1, 0.15) is 0 Å². The van der Waals surface area contributed by atoms with Crippen molar-refractivity contribution in [1.82, 2.24) is 4.98 Å². The number of pyridine rings is 1. The van der Waals surface area contributed by atoms with Gasteiger partial charge in [-0.3, -0.25) is 9.78 Å². The Labute approximate surface area is 174 Å². The van der Waals surface area contributed by atoms with Crippen LogP contribution < -0.4 is 5.32 Å². The van der Waals surface area contributed by atoms with Gasteiger partial charge in [-0.1, -0.05) is 35.9 Å². The Morgan fingerprint density at radius 1 is 1.17 bits per heavy atom. The van der Waals surface area contributed by atoms with Crippen molar-refractivity contribution in [2.24, 2.45) is 0 Å². The van der Waals surface area contributed by atoms with E-state index in [4.69, 9.17) is 16.3 Å². The summed E-state index contributed by atoms with van der Waals surface area (Å²) in [4.78, 5) is 29.9. The summed E-state index contributed by atoms with van der Waals surface area (Å²) in [6.07, 6.45) is 2.61. The van der Waals surface area contributed by atoms with Crippen LogP contribution in [0.2, 0.25) is 5.02 Å². The van der Waals surface area contributed by atoms with Crippen LogP contribution in [0.4, 0.5) is 5.69 Å². The zero-order chi connectivity index (χ0) is 20.5. The molecule has 1 aromatic heterocycles. The average molecular weight is 409 g/mol. The number of fused-ring (bicyclic) bond motifs is 2. The number of halogens is 1. The van der Waals surface area contributed by atoms with E-state index in [1.54, 1.807) is 6.07 Å². The van der Waals surface area contributed by atoms with E-state index >= 15 is 0 Å². The molecule has 0 saturated carbocycles. The summed E-state index contributed by atoms with van der Waals surface area (Å²) < 4.78 is 5.38. The van der Waals surface area contributed by atoms with Crippen molar-refractivity contribution in [1.29, 1.82) is 0 Å². The summed E-state index contributed by atoms with van der Waals surface area (Å²) in [7, 11) is 0. The number of ether oxygens (including phenoxy) is 1. The molecular formula is C23H21ClN2O3. The molecule has 0 atom stereocenters. The van der Waals surface area contributed by atoms with Crippen LogP contribution in [0.25, 0.3) is 10.9 Å². The molecule has 29 heavy (non-hydrogen) atoms. The fraction of sp³-hybridized carbons (Fsp3) is 0.261. The van der Waals surface area contributed by atoms with Crippen LogP contribution >= 0.6 is 11.6 Å². The number of hydrogen-bond acceptors (Lipinski definition) is 4. The van der Waals surface area contributed by atoms with Gasteiger partial charge in [-0.25, -0.2) is 4.79 Å². The van der Waals surface area contributed by atoms with Gasteiger partial charge in [-0.15, -0.1) is 0 Å². The standard InChI is InChI=1S/C23H21ClN2O3/c1-13-10-14(2)22(17(24)11-13)26-20(27)12-29-23(28)21-15-6-3-4-8-18(15)25-19-9-5-7-16(19)21/h3-4,6,8,10-11H,5,7,9,12H2,1-2H3,(H,26,27). The van der Waals surface area contributed by atoms with Crippen LogP contribution in [0.3, 0.4) is 0 Å². The number of rotatable bonds is 4.